The zero-order valence-electron chi connectivity index (χ0n) is 12.5. The number of ketones is 2. The van der Waals surface area contributed by atoms with Gasteiger partial charge in [0.1, 0.15) is 0 Å². The second kappa shape index (κ2) is 5.33. The van der Waals surface area contributed by atoms with E-state index in [1.165, 1.54) is 0 Å². The second-order valence-corrected chi connectivity index (χ2v) is 7.09. The Kier molecular flexibility index (Phi) is 4.11. The molecule has 4 atom stereocenters. The highest BCUT2D eigenvalue weighted by Gasteiger charge is 2.42. The monoisotopic (exact) mass is 266 g/mol. The number of Topliss-reactive ketones (excluding diaryl/α,β-unsaturated/α-hetero) is 2. The van der Waals surface area contributed by atoms with Gasteiger partial charge in [-0.25, -0.2) is 0 Å². The normalized spacial score (nSPS) is 32.1. The van der Waals surface area contributed by atoms with Crippen molar-refractivity contribution in [2.75, 3.05) is 13.1 Å². The van der Waals surface area contributed by atoms with Crippen LogP contribution in [0.2, 0.25) is 0 Å². The van der Waals surface area contributed by atoms with Gasteiger partial charge in [0.15, 0.2) is 11.6 Å². The maximum absolute atomic E-state index is 12.3. The smallest absolute Gasteiger partial charge is 0.155 e. The van der Waals surface area contributed by atoms with E-state index in [0.29, 0.717) is 11.7 Å². The fraction of sp³-hybridized carbons (Fsp3) is 0.867. The van der Waals surface area contributed by atoms with E-state index < -0.39 is 0 Å². The topological polar surface area (TPSA) is 58.2 Å². The third-order valence-electron chi connectivity index (χ3n) is 4.40. The van der Waals surface area contributed by atoms with Crippen molar-refractivity contribution in [3.8, 4) is 0 Å². The number of nitrogens with one attached hydrogen (secondary N) is 2. The van der Waals surface area contributed by atoms with E-state index in [2.05, 4.69) is 10.6 Å². The Morgan fingerprint density at radius 1 is 1.26 bits per heavy atom. The van der Waals surface area contributed by atoms with Crippen molar-refractivity contribution in [2.24, 2.45) is 17.3 Å². The minimum Gasteiger partial charge on any atom is -0.307 e. The summed E-state index contributed by atoms with van der Waals surface area (Å²) in [5, 5.41) is 6.39. The minimum absolute atomic E-state index is 0.0513. The van der Waals surface area contributed by atoms with Crippen molar-refractivity contribution in [1.82, 2.24) is 10.6 Å². The van der Waals surface area contributed by atoms with Gasteiger partial charge in [-0.1, -0.05) is 27.7 Å². The summed E-state index contributed by atoms with van der Waals surface area (Å²) in [6, 6.07) is 0.0180. The Hall–Kier alpha value is -0.740. The average Bonchev–Trinajstić information content (AvgIpc) is 2.20. The lowest BCUT2D eigenvalue weighted by atomic mass is 9.73. The Labute approximate surface area is 115 Å². The highest BCUT2D eigenvalue weighted by Crippen LogP contribution is 2.29. The van der Waals surface area contributed by atoms with Crippen LogP contribution in [-0.2, 0) is 9.59 Å². The van der Waals surface area contributed by atoms with Crippen LogP contribution in [0.25, 0.3) is 0 Å². The Balaban J connectivity index is 1.86. The van der Waals surface area contributed by atoms with E-state index in [-0.39, 0.29) is 29.2 Å². The number of rotatable bonds is 5. The molecular weight excluding hydrogens is 240 g/mol. The molecule has 4 nitrogen and oxygen atoms in total. The molecule has 0 aromatic rings. The lowest BCUT2D eigenvalue weighted by Crippen LogP contribution is -2.60. The molecule has 4 heteroatoms. The number of carbonyl (C=O) groups excluding carboxylic acids is 2. The fourth-order valence-electron chi connectivity index (χ4n) is 2.84. The molecule has 0 aromatic heterocycles. The van der Waals surface area contributed by atoms with Crippen molar-refractivity contribution in [2.45, 2.75) is 52.6 Å². The molecule has 0 spiro atoms. The summed E-state index contributed by atoms with van der Waals surface area (Å²) in [6.45, 7) is 9.69. The first-order valence-corrected chi connectivity index (χ1v) is 7.35. The molecule has 2 aliphatic heterocycles. The first-order chi connectivity index (χ1) is 8.80. The maximum Gasteiger partial charge on any atom is 0.155 e. The Morgan fingerprint density at radius 2 is 1.89 bits per heavy atom. The van der Waals surface area contributed by atoms with Crippen molar-refractivity contribution >= 4 is 11.6 Å². The molecule has 0 saturated carbocycles. The quantitative estimate of drug-likeness (QED) is 0.783. The van der Waals surface area contributed by atoms with Crippen LogP contribution in [0, 0.1) is 17.3 Å². The van der Waals surface area contributed by atoms with Crippen LogP contribution in [-0.4, -0.2) is 36.7 Å². The van der Waals surface area contributed by atoms with Gasteiger partial charge in [-0.05, 0) is 25.3 Å². The minimum atomic E-state index is -0.306. The summed E-state index contributed by atoms with van der Waals surface area (Å²) in [7, 11) is 0. The van der Waals surface area contributed by atoms with E-state index >= 15 is 0 Å². The van der Waals surface area contributed by atoms with Crippen LogP contribution in [0.1, 0.15) is 40.5 Å². The van der Waals surface area contributed by atoms with E-state index in [0.717, 1.165) is 25.9 Å². The molecule has 0 radical (unpaired) electrons. The van der Waals surface area contributed by atoms with Crippen LogP contribution < -0.4 is 10.6 Å². The zero-order valence-corrected chi connectivity index (χ0v) is 12.5. The van der Waals surface area contributed by atoms with Crippen LogP contribution in [0.4, 0.5) is 0 Å². The van der Waals surface area contributed by atoms with Crippen molar-refractivity contribution in [1.29, 1.82) is 0 Å². The molecule has 2 N–H and O–H groups in total. The summed E-state index contributed by atoms with van der Waals surface area (Å²) in [4.78, 5) is 24.4. The molecule has 2 fully saturated rings. The number of hydrogen-bond acceptors (Lipinski definition) is 4. The number of hydrogen-bond donors (Lipinski definition) is 2. The largest absolute Gasteiger partial charge is 0.307 e. The van der Waals surface area contributed by atoms with Crippen molar-refractivity contribution < 1.29 is 9.59 Å². The lowest BCUT2D eigenvalue weighted by molar-refractivity contribution is -0.134. The highest BCUT2D eigenvalue weighted by molar-refractivity contribution is 5.90. The standard InChI is InChI=1S/C15H26N2O2/c1-9(13(18)11-5-6-16-11)7-10-8-17-12(10)14(19)15(2,3)4/h9-12,16-17H,5-8H2,1-4H3/t9?,10?,11?,12-/m1/s1. The fourth-order valence-corrected chi connectivity index (χ4v) is 2.84. The van der Waals surface area contributed by atoms with Crippen LogP contribution in [0.3, 0.4) is 0 Å². The Morgan fingerprint density at radius 3 is 2.26 bits per heavy atom. The third-order valence-corrected chi connectivity index (χ3v) is 4.40. The summed E-state index contributed by atoms with van der Waals surface area (Å²) >= 11 is 0. The van der Waals surface area contributed by atoms with Crippen LogP contribution in [0.15, 0.2) is 0 Å². The maximum atomic E-state index is 12.3. The molecule has 0 bridgehead atoms. The molecule has 2 heterocycles. The first kappa shape index (κ1) is 14.7. The number of carbonyl (C=O) groups is 2. The summed E-state index contributed by atoms with van der Waals surface area (Å²) < 4.78 is 0. The SMILES string of the molecule is CC(CC1CN[C@H]1C(=O)C(C)(C)C)C(=O)C1CCN1. The van der Waals surface area contributed by atoms with Crippen LogP contribution in [0.5, 0.6) is 0 Å². The van der Waals surface area contributed by atoms with Gasteiger partial charge in [0.2, 0.25) is 0 Å². The van der Waals surface area contributed by atoms with Gasteiger partial charge in [0.05, 0.1) is 12.1 Å². The summed E-state index contributed by atoms with van der Waals surface area (Å²) in [5.74, 6) is 0.969. The van der Waals surface area contributed by atoms with Gasteiger partial charge in [0, 0.05) is 17.9 Å². The van der Waals surface area contributed by atoms with Gasteiger partial charge in [0.25, 0.3) is 0 Å². The van der Waals surface area contributed by atoms with Gasteiger partial charge >= 0.3 is 0 Å². The average molecular weight is 266 g/mol. The van der Waals surface area contributed by atoms with E-state index in [1.807, 2.05) is 27.7 Å². The van der Waals surface area contributed by atoms with Gasteiger partial charge in [-0.15, -0.1) is 0 Å². The van der Waals surface area contributed by atoms with Crippen molar-refractivity contribution in [3.05, 3.63) is 0 Å². The van der Waals surface area contributed by atoms with Gasteiger partial charge in [-0.3, -0.25) is 9.59 Å². The van der Waals surface area contributed by atoms with E-state index in [4.69, 9.17) is 0 Å². The lowest BCUT2D eigenvalue weighted by Gasteiger charge is -2.41. The highest BCUT2D eigenvalue weighted by atomic mass is 16.1. The summed E-state index contributed by atoms with van der Waals surface area (Å²) in [5.41, 5.74) is -0.306. The second-order valence-electron chi connectivity index (χ2n) is 7.09. The molecule has 2 rings (SSSR count). The van der Waals surface area contributed by atoms with Gasteiger partial charge < -0.3 is 10.6 Å². The van der Waals surface area contributed by atoms with Crippen LogP contribution >= 0.6 is 0 Å². The summed E-state index contributed by atoms with van der Waals surface area (Å²) in [6.07, 6.45) is 1.80. The van der Waals surface area contributed by atoms with Crippen molar-refractivity contribution in [3.63, 3.8) is 0 Å². The van der Waals surface area contributed by atoms with E-state index in [9.17, 15) is 9.59 Å². The zero-order chi connectivity index (χ0) is 14.2. The molecule has 2 saturated heterocycles. The predicted molar refractivity (Wildman–Crippen MR) is 74.9 cm³/mol. The Bertz CT molecular complexity index is 369. The molecule has 0 aromatic carbocycles. The van der Waals surface area contributed by atoms with Gasteiger partial charge in [-0.2, -0.15) is 0 Å². The molecular formula is C15H26N2O2. The molecule has 0 aliphatic carbocycles. The molecule has 108 valence electrons. The molecule has 2 aliphatic rings. The molecule has 19 heavy (non-hydrogen) atoms. The third kappa shape index (κ3) is 3.06. The molecule has 0 amide bonds. The predicted octanol–water partition coefficient (Wildman–Crippen LogP) is 1.15. The first-order valence-electron chi connectivity index (χ1n) is 7.35. The van der Waals surface area contributed by atoms with E-state index in [1.54, 1.807) is 0 Å². The molecule has 3 unspecified atom stereocenters.